The minimum Gasteiger partial charge on any atom is -0.609 e. The highest BCUT2D eigenvalue weighted by atomic mass is 32.2. The first-order valence-corrected chi connectivity index (χ1v) is 13.9. The average Bonchev–Trinajstić information content (AvgIpc) is 3.36. The molecule has 0 spiro atoms. The topological polar surface area (TPSA) is 119 Å². The number of pyridine rings is 1. The third-order valence-electron chi connectivity index (χ3n) is 6.02. The number of alkyl halides is 3. The highest BCUT2D eigenvalue weighted by Gasteiger charge is 2.31. The van der Waals surface area contributed by atoms with Crippen LogP contribution < -0.4 is 4.74 Å². The van der Waals surface area contributed by atoms with Crippen LogP contribution in [0.2, 0.25) is 0 Å². The molecule has 2 aromatic heterocycles. The van der Waals surface area contributed by atoms with E-state index in [4.69, 9.17) is 14.2 Å². The van der Waals surface area contributed by atoms with Crippen molar-refractivity contribution in [3.8, 4) is 5.75 Å². The lowest BCUT2D eigenvalue weighted by molar-refractivity contribution is -0.153. The SMILES string of the molecule is Cc1c(OCC(F)(F)F)ccnc1C[S@@+]([O-])c1nc2ccccc2n1C(=O)N(C)CCOC(=O)OCc1ccccc1. The number of para-hydroxylation sites is 2. The molecule has 0 saturated carbocycles. The van der Waals surface area contributed by atoms with Gasteiger partial charge in [0.25, 0.3) is 0 Å². The van der Waals surface area contributed by atoms with Crippen LogP contribution in [0.3, 0.4) is 0 Å². The van der Waals surface area contributed by atoms with E-state index in [1.807, 2.05) is 18.2 Å². The quantitative estimate of drug-likeness (QED) is 0.178. The van der Waals surface area contributed by atoms with Crippen LogP contribution in [0.15, 0.2) is 72.0 Å². The van der Waals surface area contributed by atoms with Crippen LogP contribution in [0.1, 0.15) is 16.8 Å². The van der Waals surface area contributed by atoms with E-state index >= 15 is 0 Å². The molecular weight excluding hydrogens is 577 g/mol. The molecule has 0 aliphatic rings. The van der Waals surface area contributed by atoms with E-state index in [2.05, 4.69) is 9.97 Å². The molecule has 1 atom stereocenters. The second kappa shape index (κ2) is 13.6. The first kappa shape index (κ1) is 30.7. The third kappa shape index (κ3) is 7.91. The molecule has 10 nitrogen and oxygen atoms in total. The molecule has 2 heterocycles. The molecule has 4 rings (SSSR count). The second-order valence-corrected chi connectivity index (χ2v) is 10.4. The second-order valence-electron chi connectivity index (χ2n) is 9.07. The predicted molar refractivity (Wildman–Crippen MR) is 146 cm³/mol. The Morgan fingerprint density at radius 2 is 1.76 bits per heavy atom. The summed E-state index contributed by atoms with van der Waals surface area (Å²) in [6.45, 7) is -0.0916. The summed E-state index contributed by atoms with van der Waals surface area (Å²) in [7, 11) is 1.48. The fraction of sp³-hybridized carbons (Fsp3) is 0.286. The minimum absolute atomic E-state index is 0.00287. The number of ether oxygens (including phenoxy) is 3. The maximum absolute atomic E-state index is 13.5. The van der Waals surface area contributed by atoms with E-state index in [9.17, 15) is 27.3 Å². The van der Waals surface area contributed by atoms with Crippen molar-refractivity contribution in [3.05, 3.63) is 83.7 Å². The monoisotopic (exact) mass is 604 g/mol. The minimum atomic E-state index is -4.52. The zero-order chi connectivity index (χ0) is 30.3. The zero-order valence-corrected chi connectivity index (χ0v) is 23.5. The van der Waals surface area contributed by atoms with Gasteiger partial charge in [0.2, 0.25) is 0 Å². The standard InChI is InChI=1S/C28H27F3N4O6S/c1-19-22(32-13-12-24(19)41-18-28(29,30)31)17-42(38)25-33-21-10-6-7-11-23(21)35(25)26(36)34(2)14-15-39-27(37)40-16-20-8-4-3-5-9-20/h3-13H,14-18H2,1-2H3/t42-/m1/s1. The maximum atomic E-state index is 13.5. The summed E-state index contributed by atoms with van der Waals surface area (Å²) in [4.78, 5) is 35.3. The van der Waals surface area contributed by atoms with Gasteiger partial charge in [0.05, 0.1) is 23.3 Å². The molecule has 0 aliphatic carbocycles. The van der Waals surface area contributed by atoms with Crippen molar-refractivity contribution in [1.29, 1.82) is 0 Å². The lowest BCUT2D eigenvalue weighted by Crippen LogP contribution is -2.35. The van der Waals surface area contributed by atoms with E-state index in [1.54, 1.807) is 36.4 Å². The van der Waals surface area contributed by atoms with Crippen LogP contribution >= 0.6 is 0 Å². The van der Waals surface area contributed by atoms with Crippen LogP contribution in [0.4, 0.5) is 22.8 Å². The van der Waals surface area contributed by atoms with Crippen LogP contribution in [-0.2, 0) is 33.0 Å². The van der Waals surface area contributed by atoms with Crippen molar-refractivity contribution in [3.63, 3.8) is 0 Å². The Kier molecular flexibility index (Phi) is 9.91. The van der Waals surface area contributed by atoms with Crippen molar-refractivity contribution in [1.82, 2.24) is 19.4 Å². The van der Waals surface area contributed by atoms with Crippen LogP contribution in [0.25, 0.3) is 11.0 Å². The Bertz CT molecular complexity index is 1530. The van der Waals surface area contributed by atoms with Gasteiger partial charge in [-0.25, -0.2) is 14.2 Å². The van der Waals surface area contributed by atoms with Crippen molar-refractivity contribution >= 4 is 34.4 Å². The maximum Gasteiger partial charge on any atom is 0.508 e. The normalized spacial score (nSPS) is 12.1. The van der Waals surface area contributed by atoms with E-state index in [1.165, 1.54) is 35.7 Å². The van der Waals surface area contributed by atoms with Gasteiger partial charge >= 0.3 is 23.5 Å². The zero-order valence-electron chi connectivity index (χ0n) is 22.7. The molecule has 0 bridgehead atoms. The Labute approximate surface area is 242 Å². The van der Waals surface area contributed by atoms with Crippen LogP contribution in [-0.4, -0.2) is 69.2 Å². The van der Waals surface area contributed by atoms with Crippen molar-refractivity contribution in [2.75, 3.05) is 26.8 Å². The van der Waals surface area contributed by atoms with Crippen molar-refractivity contribution in [2.45, 2.75) is 30.6 Å². The van der Waals surface area contributed by atoms with Gasteiger partial charge in [-0.3, -0.25) is 4.98 Å². The number of halogens is 3. The average molecular weight is 605 g/mol. The number of benzene rings is 2. The Morgan fingerprint density at radius 1 is 1.05 bits per heavy atom. The number of nitrogens with zero attached hydrogens (tertiary/aromatic N) is 4. The molecule has 14 heteroatoms. The number of likely N-dealkylation sites (N-methyl/N-ethyl adjacent to an activating group) is 1. The van der Waals surface area contributed by atoms with Gasteiger partial charge in [0, 0.05) is 30.0 Å². The fourth-order valence-corrected chi connectivity index (χ4v) is 5.09. The predicted octanol–water partition coefficient (Wildman–Crippen LogP) is 5.24. The fourth-order valence-electron chi connectivity index (χ4n) is 3.84. The van der Waals surface area contributed by atoms with Gasteiger partial charge in [-0.2, -0.15) is 18.2 Å². The van der Waals surface area contributed by atoms with E-state index < -0.39 is 36.1 Å². The summed E-state index contributed by atoms with van der Waals surface area (Å²) in [6.07, 6.45) is -4.15. The number of carbonyl (C=O) groups excluding carboxylic acids is 2. The Morgan fingerprint density at radius 3 is 2.50 bits per heavy atom. The number of rotatable bonds is 10. The largest absolute Gasteiger partial charge is 0.609 e. The molecule has 0 fully saturated rings. The molecule has 0 N–H and O–H groups in total. The smallest absolute Gasteiger partial charge is 0.508 e. The summed E-state index contributed by atoms with van der Waals surface area (Å²) < 4.78 is 67.6. The molecule has 42 heavy (non-hydrogen) atoms. The molecule has 2 aromatic carbocycles. The summed E-state index contributed by atoms with van der Waals surface area (Å²) in [5, 5.41) is -0.0703. The summed E-state index contributed by atoms with van der Waals surface area (Å²) in [6, 6.07) is 16.5. The highest BCUT2D eigenvalue weighted by Crippen LogP contribution is 2.27. The Balaban J connectivity index is 1.45. The van der Waals surface area contributed by atoms with Gasteiger partial charge in [0.1, 0.15) is 19.0 Å². The molecule has 0 saturated heterocycles. The highest BCUT2D eigenvalue weighted by molar-refractivity contribution is 7.90. The number of hydrogen-bond donors (Lipinski definition) is 0. The molecule has 0 unspecified atom stereocenters. The number of carbonyl (C=O) groups is 2. The summed E-state index contributed by atoms with van der Waals surface area (Å²) in [5.41, 5.74) is 2.12. The molecule has 222 valence electrons. The number of amides is 1. The third-order valence-corrected chi connectivity index (χ3v) is 7.23. The van der Waals surface area contributed by atoms with Crippen LogP contribution in [0, 0.1) is 6.92 Å². The number of imidazole rings is 1. The number of aromatic nitrogens is 3. The molecule has 4 aromatic rings. The molecule has 1 amide bonds. The lowest BCUT2D eigenvalue weighted by atomic mass is 10.2. The van der Waals surface area contributed by atoms with Crippen LogP contribution in [0.5, 0.6) is 5.75 Å². The van der Waals surface area contributed by atoms with Gasteiger partial charge in [-0.05, 0) is 30.7 Å². The first-order chi connectivity index (χ1) is 20.0. The van der Waals surface area contributed by atoms with Gasteiger partial charge in [0.15, 0.2) is 12.4 Å². The lowest BCUT2D eigenvalue weighted by Gasteiger charge is -2.19. The van der Waals surface area contributed by atoms with E-state index in [0.29, 0.717) is 11.0 Å². The van der Waals surface area contributed by atoms with Crippen molar-refractivity contribution < 1.29 is 41.5 Å². The molecule has 0 aliphatic heterocycles. The summed E-state index contributed by atoms with van der Waals surface area (Å²) in [5.74, 6) is -0.271. The molecule has 0 radical (unpaired) electrons. The summed E-state index contributed by atoms with van der Waals surface area (Å²) >= 11 is -1.93. The van der Waals surface area contributed by atoms with Gasteiger partial charge < -0.3 is 23.7 Å². The van der Waals surface area contributed by atoms with Gasteiger partial charge in [-0.15, -0.1) is 0 Å². The van der Waals surface area contributed by atoms with E-state index in [0.717, 1.165) is 5.56 Å². The number of fused-ring (bicyclic) bond motifs is 1. The molecular formula is C28H27F3N4O6S. The van der Waals surface area contributed by atoms with Crippen molar-refractivity contribution in [2.24, 2.45) is 0 Å². The Hall–Kier alpha value is -4.30. The first-order valence-electron chi connectivity index (χ1n) is 12.6. The number of hydrogen-bond acceptors (Lipinski definition) is 8. The van der Waals surface area contributed by atoms with E-state index in [-0.39, 0.29) is 47.7 Å². The van der Waals surface area contributed by atoms with Gasteiger partial charge in [-0.1, -0.05) is 42.5 Å².